The second-order valence-electron chi connectivity index (χ2n) is 3.17. The summed E-state index contributed by atoms with van der Waals surface area (Å²) in [6, 6.07) is 10.4. The van der Waals surface area contributed by atoms with Crippen molar-refractivity contribution in [1.29, 1.82) is 0 Å². The topological polar surface area (TPSA) is 26.0 Å². The molecule has 2 aromatic carbocycles. The van der Waals surface area contributed by atoms with E-state index in [2.05, 4.69) is 52.0 Å². The first-order valence-electron chi connectivity index (χ1n) is 4.27. The average Bonchev–Trinajstić information content (AvgIpc) is 2.65. The van der Waals surface area contributed by atoms with Crippen LogP contribution >= 0.6 is 22.6 Å². The van der Waals surface area contributed by atoms with Gasteiger partial charge in [0.15, 0.2) is 5.58 Å². The van der Waals surface area contributed by atoms with Gasteiger partial charge in [-0.3, -0.25) is 0 Å². The van der Waals surface area contributed by atoms with Gasteiger partial charge in [-0.1, -0.05) is 17.3 Å². The van der Waals surface area contributed by atoms with E-state index in [0.29, 0.717) is 0 Å². The molecule has 0 saturated heterocycles. The normalized spacial score (nSPS) is 11.2. The molecular formula is C11H6INO. The molecule has 0 unspecified atom stereocenters. The summed E-state index contributed by atoms with van der Waals surface area (Å²) >= 11 is 2.31. The minimum atomic E-state index is 0.847. The smallest absolute Gasteiger partial charge is 0.167 e. The lowest BCUT2D eigenvalue weighted by Crippen LogP contribution is -1.75. The molecule has 1 aromatic heterocycles. The summed E-state index contributed by atoms with van der Waals surface area (Å²) < 4.78 is 6.34. The summed E-state index contributed by atoms with van der Waals surface area (Å²) in [5.41, 5.74) is 0.847. The number of aromatic nitrogens is 1. The summed E-state index contributed by atoms with van der Waals surface area (Å²) in [4.78, 5) is 0. The predicted octanol–water partition coefficient (Wildman–Crippen LogP) is 3.59. The van der Waals surface area contributed by atoms with E-state index in [0.717, 1.165) is 11.0 Å². The molecule has 0 spiro atoms. The van der Waals surface area contributed by atoms with Crippen molar-refractivity contribution in [1.82, 2.24) is 5.16 Å². The van der Waals surface area contributed by atoms with E-state index in [9.17, 15) is 0 Å². The highest BCUT2D eigenvalue weighted by Crippen LogP contribution is 2.26. The molecule has 3 heteroatoms. The molecule has 2 nitrogen and oxygen atoms in total. The van der Waals surface area contributed by atoms with Gasteiger partial charge in [0.05, 0.1) is 6.20 Å². The van der Waals surface area contributed by atoms with E-state index < -0.39 is 0 Å². The zero-order valence-electron chi connectivity index (χ0n) is 7.20. The Morgan fingerprint density at radius 1 is 1.07 bits per heavy atom. The molecule has 0 aliphatic rings. The van der Waals surface area contributed by atoms with Gasteiger partial charge in [0.2, 0.25) is 0 Å². The highest BCUT2D eigenvalue weighted by molar-refractivity contribution is 14.1. The molecule has 0 N–H and O–H groups in total. The standard InChI is InChI=1S/C11H6INO/c12-8-3-1-7-2-4-11-10(6-13-14-11)9(7)5-8/h1-6H. The molecule has 0 atom stereocenters. The summed E-state index contributed by atoms with van der Waals surface area (Å²) in [7, 11) is 0. The van der Waals surface area contributed by atoms with Gasteiger partial charge >= 0.3 is 0 Å². The molecule has 1 heterocycles. The molecule has 14 heavy (non-hydrogen) atoms. The van der Waals surface area contributed by atoms with Crippen LogP contribution in [0.3, 0.4) is 0 Å². The Bertz CT molecular complexity index is 615. The Kier molecular flexibility index (Phi) is 1.73. The highest BCUT2D eigenvalue weighted by atomic mass is 127. The Morgan fingerprint density at radius 2 is 1.93 bits per heavy atom. The minimum absolute atomic E-state index is 0.847. The molecule has 0 aliphatic carbocycles. The number of hydrogen-bond donors (Lipinski definition) is 0. The molecule has 0 amide bonds. The van der Waals surface area contributed by atoms with Crippen molar-refractivity contribution in [3.05, 3.63) is 40.1 Å². The van der Waals surface area contributed by atoms with Crippen LogP contribution in [0.15, 0.2) is 41.1 Å². The molecule has 68 valence electrons. The number of halogens is 1. The molecule has 0 radical (unpaired) electrons. The zero-order valence-corrected chi connectivity index (χ0v) is 9.36. The monoisotopic (exact) mass is 295 g/mol. The highest BCUT2D eigenvalue weighted by Gasteiger charge is 2.03. The minimum Gasteiger partial charge on any atom is -0.356 e. The van der Waals surface area contributed by atoms with Crippen molar-refractivity contribution in [2.24, 2.45) is 0 Å². The van der Waals surface area contributed by atoms with Crippen LogP contribution in [0.1, 0.15) is 0 Å². The molecule has 0 bridgehead atoms. The lowest BCUT2D eigenvalue weighted by Gasteiger charge is -1.98. The van der Waals surface area contributed by atoms with Gasteiger partial charge in [0, 0.05) is 8.96 Å². The number of fused-ring (bicyclic) bond motifs is 3. The second-order valence-corrected chi connectivity index (χ2v) is 4.41. The van der Waals surface area contributed by atoms with Crippen LogP contribution in [0.2, 0.25) is 0 Å². The lowest BCUT2D eigenvalue weighted by atomic mass is 10.1. The third kappa shape index (κ3) is 1.12. The fourth-order valence-corrected chi connectivity index (χ4v) is 2.13. The molecular weight excluding hydrogens is 289 g/mol. The van der Waals surface area contributed by atoms with Crippen molar-refractivity contribution in [3.63, 3.8) is 0 Å². The van der Waals surface area contributed by atoms with Gasteiger partial charge in [-0.2, -0.15) is 0 Å². The van der Waals surface area contributed by atoms with E-state index in [1.807, 2.05) is 6.07 Å². The molecule has 0 fully saturated rings. The molecule has 0 saturated carbocycles. The lowest BCUT2D eigenvalue weighted by molar-refractivity contribution is 0.456. The van der Waals surface area contributed by atoms with Crippen LogP contribution in [0.4, 0.5) is 0 Å². The maximum absolute atomic E-state index is 5.11. The first kappa shape index (κ1) is 8.23. The number of nitrogens with zero attached hydrogens (tertiary/aromatic N) is 1. The summed E-state index contributed by atoms with van der Waals surface area (Å²) in [5.74, 6) is 0. The average molecular weight is 295 g/mol. The fraction of sp³-hybridized carbons (Fsp3) is 0. The van der Waals surface area contributed by atoms with E-state index >= 15 is 0 Å². The Hall–Kier alpha value is -1.10. The van der Waals surface area contributed by atoms with Crippen LogP contribution in [-0.2, 0) is 0 Å². The Balaban J connectivity index is 2.60. The van der Waals surface area contributed by atoms with Crippen molar-refractivity contribution < 1.29 is 4.52 Å². The number of rotatable bonds is 0. The number of hydrogen-bond acceptors (Lipinski definition) is 2. The van der Waals surface area contributed by atoms with Crippen molar-refractivity contribution in [2.75, 3.05) is 0 Å². The molecule has 3 aromatic rings. The zero-order chi connectivity index (χ0) is 9.54. The molecule has 0 aliphatic heterocycles. The third-order valence-electron chi connectivity index (χ3n) is 2.32. The van der Waals surface area contributed by atoms with E-state index in [1.54, 1.807) is 6.20 Å². The summed E-state index contributed by atoms with van der Waals surface area (Å²) in [5, 5.41) is 7.32. The number of benzene rings is 2. The van der Waals surface area contributed by atoms with Crippen LogP contribution in [-0.4, -0.2) is 5.16 Å². The predicted molar refractivity (Wildman–Crippen MR) is 64.2 cm³/mol. The second kappa shape index (κ2) is 2.95. The van der Waals surface area contributed by atoms with Crippen LogP contribution in [0.5, 0.6) is 0 Å². The fourth-order valence-electron chi connectivity index (χ4n) is 1.64. The first-order chi connectivity index (χ1) is 6.84. The summed E-state index contributed by atoms with van der Waals surface area (Å²) in [6.45, 7) is 0. The van der Waals surface area contributed by atoms with Gasteiger partial charge in [-0.05, 0) is 51.6 Å². The van der Waals surface area contributed by atoms with Crippen molar-refractivity contribution in [2.45, 2.75) is 0 Å². The van der Waals surface area contributed by atoms with Gasteiger partial charge in [-0.25, -0.2) is 0 Å². The van der Waals surface area contributed by atoms with Crippen molar-refractivity contribution >= 4 is 44.3 Å². The maximum atomic E-state index is 5.11. The van der Waals surface area contributed by atoms with Crippen LogP contribution in [0, 0.1) is 3.57 Å². The first-order valence-corrected chi connectivity index (χ1v) is 5.35. The largest absolute Gasteiger partial charge is 0.356 e. The van der Waals surface area contributed by atoms with Crippen molar-refractivity contribution in [3.8, 4) is 0 Å². The van der Waals surface area contributed by atoms with E-state index in [1.165, 1.54) is 14.3 Å². The van der Waals surface area contributed by atoms with Crippen LogP contribution < -0.4 is 0 Å². The molecule has 3 rings (SSSR count). The SMILES string of the molecule is Ic1ccc2ccc3oncc3c2c1. The summed E-state index contributed by atoms with van der Waals surface area (Å²) in [6.07, 6.45) is 1.77. The van der Waals surface area contributed by atoms with Crippen LogP contribution in [0.25, 0.3) is 21.7 Å². The van der Waals surface area contributed by atoms with Gasteiger partial charge in [0.1, 0.15) is 0 Å². The quantitative estimate of drug-likeness (QED) is 0.592. The maximum Gasteiger partial charge on any atom is 0.167 e. The Morgan fingerprint density at radius 3 is 2.86 bits per heavy atom. The van der Waals surface area contributed by atoms with E-state index in [-0.39, 0.29) is 0 Å². The van der Waals surface area contributed by atoms with Gasteiger partial charge in [-0.15, -0.1) is 0 Å². The van der Waals surface area contributed by atoms with Gasteiger partial charge in [0.25, 0.3) is 0 Å². The van der Waals surface area contributed by atoms with Gasteiger partial charge < -0.3 is 4.52 Å². The Labute approximate surface area is 94.0 Å². The third-order valence-corrected chi connectivity index (χ3v) is 2.99. The van der Waals surface area contributed by atoms with E-state index in [4.69, 9.17) is 4.52 Å².